The first-order valence-electron chi connectivity index (χ1n) is 2.10. The molecule has 7 heavy (non-hydrogen) atoms. The summed E-state index contributed by atoms with van der Waals surface area (Å²) in [5, 5.41) is 0. The summed E-state index contributed by atoms with van der Waals surface area (Å²) in [6.45, 7) is 5.29. The third-order valence-corrected chi connectivity index (χ3v) is 0.578. The molecule has 0 radical (unpaired) electrons. The Labute approximate surface area is 43.9 Å². The number of hydrogen-bond acceptors (Lipinski definition) is 2. The summed E-state index contributed by atoms with van der Waals surface area (Å²) in [6, 6.07) is 0. The number of nitrogens with one attached hydrogen (secondary N) is 2. The van der Waals surface area contributed by atoms with Crippen molar-refractivity contribution in [2.45, 2.75) is 6.92 Å². The third-order valence-electron chi connectivity index (χ3n) is 0.578. The van der Waals surface area contributed by atoms with Crippen molar-refractivity contribution in [2.75, 3.05) is 7.05 Å². The van der Waals surface area contributed by atoms with Gasteiger partial charge in [0, 0.05) is 7.05 Å². The minimum atomic E-state index is 0.905. The zero-order chi connectivity index (χ0) is 5.70. The molecule has 0 aliphatic rings. The van der Waals surface area contributed by atoms with Crippen LogP contribution in [0.3, 0.4) is 0 Å². The van der Waals surface area contributed by atoms with Gasteiger partial charge in [0.25, 0.3) is 0 Å². The van der Waals surface area contributed by atoms with Crippen LogP contribution in [-0.2, 0) is 0 Å². The van der Waals surface area contributed by atoms with Crippen molar-refractivity contribution in [1.82, 2.24) is 10.9 Å². The highest BCUT2D eigenvalue weighted by atomic mass is 15.3. The topological polar surface area (TPSA) is 24.1 Å². The molecule has 2 heteroatoms. The van der Waals surface area contributed by atoms with Crippen molar-refractivity contribution < 1.29 is 0 Å². The average molecular weight is 98.1 g/mol. The summed E-state index contributed by atoms with van der Waals surface area (Å²) in [4.78, 5) is 0. The molecule has 0 rings (SSSR count). The minimum absolute atomic E-state index is 0.905. The molecular weight excluding hydrogens is 88.1 g/mol. The fourth-order valence-corrected chi connectivity index (χ4v) is 0.232. The van der Waals surface area contributed by atoms with Crippen LogP contribution < -0.4 is 10.9 Å². The Morgan fingerprint density at radius 1 is 1.71 bits per heavy atom. The largest absolute Gasteiger partial charge is 0.319 e. The number of hydrazine groups is 1. The minimum Gasteiger partial charge on any atom is -0.319 e. The standard InChI is InChI=1S/C5H10N2/c1-4-5(2)7-6-3/h6-7H,1H2,2-3H3. The van der Waals surface area contributed by atoms with E-state index in [9.17, 15) is 0 Å². The van der Waals surface area contributed by atoms with E-state index in [0.29, 0.717) is 0 Å². The van der Waals surface area contributed by atoms with Crippen molar-refractivity contribution in [3.8, 4) is 0 Å². The summed E-state index contributed by atoms with van der Waals surface area (Å²) in [5.74, 6) is 0. The summed E-state index contributed by atoms with van der Waals surface area (Å²) in [5.41, 5.74) is 9.08. The molecular formula is C5H10N2. The first-order chi connectivity index (χ1) is 3.31. The van der Waals surface area contributed by atoms with E-state index < -0.39 is 0 Å². The molecule has 0 aliphatic heterocycles. The van der Waals surface area contributed by atoms with E-state index in [1.165, 1.54) is 0 Å². The van der Waals surface area contributed by atoms with Crippen LogP contribution in [0.1, 0.15) is 6.92 Å². The van der Waals surface area contributed by atoms with Crippen LogP contribution in [0, 0.1) is 0 Å². The van der Waals surface area contributed by atoms with Crippen molar-refractivity contribution in [1.29, 1.82) is 0 Å². The summed E-state index contributed by atoms with van der Waals surface area (Å²) < 4.78 is 0. The molecule has 40 valence electrons. The van der Waals surface area contributed by atoms with Gasteiger partial charge >= 0.3 is 0 Å². The predicted molar refractivity (Wildman–Crippen MR) is 30.5 cm³/mol. The van der Waals surface area contributed by atoms with E-state index in [2.05, 4.69) is 23.2 Å². The Hall–Kier alpha value is -0.720. The smallest absolute Gasteiger partial charge is 0.0642 e. The number of hydrogen-bond donors (Lipinski definition) is 2. The van der Waals surface area contributed by atoms with Gasteiger partial charge in [0.1, 0.15) is 0 Å². The van der Waals surface area contributed by atoms with Crippen molar-refractivity contribution in [2.24, 2.45) is 0 Å². The lowest BCUT2D eigenvalue weighted by Crippen LogP contribution is -2.24. The molecule has 0 amide bonds. The Bertz CT molecular complexity index is 90.3. The maximum atomic E-state index is 3.41. The van der Waals surface area contributed by atoms with Crippen LogP contribution in [0.25, 0.3) is 0 Å². The molecule has 0 aliphatic carbocycles. The highest BCUT2D eigenvalue weighted by Crippen LogP contribution is 1.72. The molecule has 0 aromatic rings. The molecule has 0 spiro atoms. The van der Waals surface area contributed by atoms with Gasteiger partial charge in [0.05, 0.1) is 5.70 Å². The van der Waals surface area contributed by atoms with E-state index in [4.69, 9.17) is 0 Å². The average Bonchev–Trinajstić information content (AvgIpc) is 1.68. The van der Waals surface area contributed by atoms with Gasteiger partial charge in [-0.3, -0.25) is 0 Å². The predicted octanol–water partition coefficient (Wildman–Crippen LogP) is 0.399. The quantitative estimate of drug-likeness (QED) is 0.386. The molecule has 0 fully saturated rings. The van der Waals surface area contributed by atoms with Gasteiger partial charge < -0.3 is 5.43 Å². The molecule has 2 N–H and O–H groups in total. The van der Waals surface area contributed by atoms with Crippen LogP contribution in [0.15, 0.2) is 18.0 Å². The molecule has 0 aromatic carbocycles. The van der Waals surface area contributed by atoms with Crippen LogP contribution >= 0.6 is 0 Å². The lowest BCUT2D eigenvalue weighted by atomic mass is 10.6. The van der Waals surface area contributed by atoms with Gasteiger partial charge in [-0.05, 0) is 6.92 Å². The second kappa shape index (κ2) is 3.47. The summed E-state index contributed by atoms with van der Waals surface area (Å²) in [7, 11) is 1.79. The molecule has 0 bridgehead atoms. The third kappa shape index (κ3) is 3.10. The zero-order valence-corrected chi connectivity index (χ0v) is 4.71. The zero-order valence-electron chi connectivity index (χ0n) is 4.71. The van der Waals surface area contributed by atoms with Crippen LogP contribution in [0.2, 0.25) is 0 Å². The van der Waals surface area contributed by atoms with Gasteiger partial charge in [-0.15, -0.1) is 5.73 Å². The monoisotopic (exact) mass is 98.1 g/mol. The highest BCUT2D eigenvalue weighted by molar-refractivity contribution is 4.88. The lowest BCUT2D eigenvalue weighted by molar-refractivity contribution is 0.691. The van der Waals surface area contributed by atoms with E-state index in [1.54, 1.807) is 7.05 Å². The van der Waals surface area contributed by atoms with Gasteiger partial charge in [0.15, 0.2) is 0 Å². The highest BCUT2D eigenvalue weighted by Gasteiger charge is 1.73. The fraction of sp³-hybridized carbons (Fsp3) is 0.400. The Morgan fingerprint density at radius 3 is 2.43 bits per heavy atom. The first kappa shape index (κ1) is 6.28. The maximum absolute atomic E-state index is 3.41. The number of rotatable bonds is 2. The first-order valence-corrected chi connectivity index (χ1v) is 2.10. The summed E-state index contributed by atoms with van der Waals surface area (Å²) >= 11 is 0. The molecule has 0 saturated carbocycles. The molecule has 0 heterocycles. The second-order valence-corrected chi connectivity index (χ2v) is 1.18. The summed E-state index contributed by atoms with van der Waals surface area (Å²) in [6.07, 6.45) is 0. The van der Waals surface area contributed by atoms with E-state index in [-0.39, 0.29) is 0 Å². The normalized spacial score (nSPS) is 7.14. The van der Waals surface area contributed by atoms with Gasteiger partial charge in [-0.1, -0.05) is 6.58 Å². The SMILES string of the molecule is C=C=C(C)NNC. The van der Waals surface area contributed by atoms with Crippen LogP contribution in [-0.4, -0.2) is 7.05 Å². The second-order valence-electron chi connectivity index (χ2n) is 1.18. The van der Waals surface area contributed by atoms with E-state index in [0.717, 1.165) is 5.70 Å². The van der Waals surface area contributed by atoms with E-state index in [1.807, 2.05) is 6.92 Å². The molecule has 0 saturated heterocycles. The van der Waals surface area contributed by atoms with Gasteiger partial charge in [-0.25, -0.2) is 5.43 Å². The van der Waals surface area contributed by atoms with Crippen molar-refractivity contribution in [3.05, 3.63) is 18.0 Å². The van der Waals surface area contributed by atoms with Crippen molar-refractivity contribution >= 4 is 0 Å². The molecule has 2 nitrogen and oxygen atoms in total. The Balaban J connectivity index is 3.37. The maximum Gasteiger partial charge on any atom is 0.0642 e. The molecule has 0 atom stereocenters. The van der Waals surface area contributed by atoms with Gasteiger partial charge in [0.2, 0.25) is 0 Å². The molecule has 0 aromatic heterocycles. The molecule has 0 unspecified atom stereocenters. The van der Waals surface area contributed by atoms with Crippen LogP contribution in [0.4, 0.5) is 0 Å². The lowest BCUT2D eigenvalue weighted by Gasteiger charge is -1.97. The van der Waals surface area contributed by atoms with E-state index >= 15 is 0 Å². The Morgan fingerprint density at radius 2 is 2.29 bits per heavy atom. The van der Waals surface area contributed by atoms with Gasteiger partial charge in [-0.2, -0.15) is 0 Å². The fourth-order valence-electron chi connectivity index (χ4n) is 0.232. The van der Waals surface area contributed by atoms with Crippen molar-refractivity contribution in [3.63, 3.8) is 0 Å². The Kier molecular flexibility index (Phi) is 3.11. The van der Waals surface area contributed by atoms with Crippen LogP contribution in [0.5, 0.6) is 0 Å². The number of allylic oxidation sites excluding steroid dienone is 1.